The van der Waals surface area contributed by atoms with E-state index in [-0.39, 0.29) is 6.10 Å². The highest BCUT2D eigenvalue weighted by molar-refractivity contribution is 4.75. The second kappa shape index (κ2) is 8.11. The first-order valence-electron chi connectivity index (χ1n) is 7.42. The van der Waals surface area contributed by atoms with Gasteiger partial charge >= 0.3 is 0 Å². The highest BCUT2D eigenvalue weighted by Crippen LogP contribution is 2.31. The molecule has 1 aliphatic carbocycles. The van der Waals surface area contributed by atoms with Crippen LogP contribution in [0.5, 0.6) is 0 Å². The van der Waals surface area contributed by atoms with Crippen LogP contribution in [0.3, 0.4) is 0 Å². The molecule has 0 aliphatic heterocycles. The fourth-order valence-corrected chi connectivity index (χ4v) is 2.86. The summed E-state index contributed by atoms with van der Waals surface area (Å²) in [7, 11) is 0. The van der Waals surface area contributed by atoms with Gasteiger partial charge in [0.15, 0.2) is 0 Å². The maximum atomic E-state index is 10.1. The molecule has 16 heavy (non-hydrogen) atoms. The maximum Gasteiger partial charge on any atom is 0.0568 e. The average molecular weight is 226 g/mol. The Labute approximate surface area is 102 Å². The SMILES string of the molecule is CCCCCCCC(O)C1CCC(C)CC1. The van der Waals surface area contributed by atoms with Gasteiger partial charge in [-0.25, -0.2) is 0 Å². The zero-order chi connectivity index (χ0) is 11.8. The van der Waals surface area contributed by atoms with Gasteiger partial charge in [0.1, 0.15) is 0 Å². The van der Waals surface area contributed by atoms with Crippen LogP contribution in [0.15, 0.2) is 0 Å². The van der Waals surface area contributed by atoms with Gasteiger partial charge in [0.2, 0.25) is 0 Å². The topological polar surface area (TPSA) is 20.2 Å². The average Bonchev–Trinajstić information content (AvgIpc) is 2.29. The normalized spacial score (nSPS) is 27.9. The van der Waals surface area contributed by atoms with Crippen LogP contribution in [0.25, 0.3) is 0 Å². The van der Waals surface area contributed by atoms with Gasteiger partial charge in [0, 0.05) is 0 Å². The molecule has 1 aliphatic rings. The second-order valence-electron chi connectivity index (χ2n) is 5.79. The zero-order valence-corrected chi connectivity index (χ0v) is 11.3. The van der Waals surface area contributed by atoms with Gasteiger partial charge in [0.25, 0.3) is 0 Å². The minimum atomic E-state index is -0.00544. The summed E-state index contributed by atoms with van der Waals surface area (Å²) >= 11 is 0. The predicted octanol–water partition coefficient (Wildman–Crippen LogP) is 4.53. The summed E-state index contributed by atoms with van der Waals surface area (Å²) in [6.07, 6.45) is 12.8. The fourth-order valence-electron chi connectivity index (χ4n) is 2.86. The molecule has 0 spiro atoms. The Hall–Kier alpha value is -0.0400. The summed E-state index contributed by atoms with van der Waals surface area (Å²) in [5.41, 5.74) is 0. The lowest BCUT2D eigenvalue weighted by atomic mass is 9.79. The first-order valence-corrected chi connectivity index (χ1v) is 7.42. The first-order chi connectivity index (χ1) is 7.74. The summed E-state index contributed by atoms with van der Waals surface area (Å²) in [5, 5.41) is 10.1. The molecule has 1 unspecified atom stereocenters. The number of hydrogen-bond acceptors (Lipinski definition) is 1. The lowest BCUT2D eigenvalue weighted by Gasteiger charge is -2.29. The minimum Gasteiger partial charge on any atom is -0.393 e. The third kappa shape index (κ3) is 5.34. The smallest absolute Gasteiger partial charge is 0.0568 e. The summed E-state index contributed by atoms with van der Waals surface area (Å²) in [6, 6.07) is 0. The number of aliphatic hydroxyl groups excluding tert-OH is 1. The quantitative estimate of drug-likeness (QED) is 0.632. The van der Waals surface area contributed by atoms with Crippen molar-refractivity contribution in [3.63, 3.8) is 0 Å². The number of unbranched alkanes of at least 4 members (excludes halogenated alkanes) is 4. The van der Waals surface area contributed by atoms with Crippen molar-refractivity contribution in [2.45, 2.75) is 84.2 Å². The van der Waals surface area contributed by atoms with Gasteiger partial charge in [-0.1, -0.05) is 58.8 Å². The molecule has 1 atom stereocenters. The van der Waals surface area contributed by atoms with E-state index in [2.05, 4.69) is 13.8 Å². The molecule has 0 aromatic carbocycles. The van der Waals surface area contributed by atoms with E-state index in [1.807, 2.05) is 0 Å². The molecule has 0 aromatic heterocycles. The second-order valence-corrected chi connectivity index (χ2v) is 5.79. The Morgan fingerprint density at radius 3 is 2.25 bits per heavy atom. The molecule has 0 bridgehead atoms. The lowest BCUT2D eigenvalue weighted by Crippen LogP contribution is -2.24. The van der Waals surface area contributed by atoms with Gasteiger partial charge in [-0.3, -0.25) is 0 Å². The number of aliphatic hydroxyl groups is 1. The Morgan fingerprint density at radius 2 is 1.62 bits per heavy atom. The van der Waals surface area contributed by atoms with Crippen molar-refractivity contribution >= 4 is 0 Å². The highest BCUT2D eigenvalue weighted by atomic mass is 16.3. The Morgan fingerprint density at radius 1 is 1.00 bits per heavy atom. The van der Waals surface area contributed by atoms with Crippen LogP contribution in [0.4, 0.5) is 0 Å². The molecular formula is C15H30O. The number of rotatable bonds is 7. The van der Waals surface area contributed by atoms with E-state index in [4.69, 9.17) is 0 Å². The monoisotopic (exact) mass is 226 g/mol. The zero-order valence-electron chi connectivity index (χ0n) is 11.3. The van der Waals surface area contributed by atoms with Gasteiger partial charge in [-0.05, 0) is 31.1 Å². The molecule has 96 valence electrons. The van der Waals surface area contributed by atoms with Crippen molar-refractivity contribution in [3.05, 3.63) is 0 Å². The molecule has 0 radical (unpaired) electrons. The molecule has 0 amide bonds. The minimum absolute atomic E-state index is 0.00544. The van der Waals surface area contributed by atoms with E-state index in [9.17, 15) is 5.11 Å². The van der Waals surface area contributed by atoms with E-state index in [0.29, 0.717) is 5.92 Å². The van der Waals surface area contributed by atoms with Crippen molar-refractivity contribution in [2.24, 2.45) is 11.8 Å². The van der Waals surface area contributed by atoms with Gasteiger partial charge < -0.3 is 5.11 Å². The standard InChI is InChI=1S/C15H30O/c1-3-4-5-6-7-8-15(16)14-11-9-13(2)10-12-14/h13-16H,3-12H2,1-2H3. The molecule has 0 saturated heterocycles. The molecule has 0 heterocycles. The van der Waals surface area contributed by atoms with E-state index < -0.39 is 0 Å². The van der Waals surface area contributed by atoms with Gasteiger partial charge in [0.05, 0.1) is 6.10 Å². The van der Waals surface area contributed by atoms with Crippen LogP contribution in [-0.2, 0) is 0 Å². The summed E-state index contributed by atoms with van der Waals surface area (Å²) < 4.78 is 0. The van der Waals surface area contributed by atoms with Crippen LogP contribution < -0.4 is 0 Å². The molecule has 1 nitrogen and oxygen atoms in total. The summed E-state index contributed by atoms with van der Waals surface area (Å²) in [4.78, 5) is 0. The third-order valence-corrected chi connectivity index (χ3v) is 4.21. The molecule has 1 saturated carbocycles. The van der Waals surface area contributed by atoms with E-state index >= 15 is 0 Å². The Balaban J connectivity index is 2.03. The van der Waals surface area contributed by atoms with Crippen LogP contribution in [0.1, 0.15) is 78.1 Å². The van der Waals surface area contributed by atoms with Crippen molar-refractivity contribution in [2.75, 3.05) is 0 Å². The van der Waals surface area contributed by atoms with Crippen LogP contribution in [0.2, 0.25) is 0 Å². The Kier molecular flexibility index (Phi) is 7.11. The molecule has 1 fully saturated rings. The van der Waals surface area contributed by atoms with Crippen molar-refractivity contribution < 1.29 is 5.11 Å². The molecule has 1 N–H and O–H groups in total. The lowest BCUT2D eigenvalue weighted by molar-refractivity contribution is 0.0665. The maximum absolute atomic E-state index is 10.1. The summed E-state index contributed by atoms with van der Waals surface area (Å²) in [5.74, 6) is 1.51. The van der Waals surface area contributed by atoms with Crippen LogP contribution in [0, 0.1) is 11.8 Å². The molecular weight excluding hydrogens is 196 g/mol. The molecule has 1 rings (SSSR count). The van der Waals surface area contributed by atoms with Crippen LogP contribution in [-0.4, -0.2) is 11.2 Å². The Bertz CT molecular complexity index is 159. The molecule has 1 heteroatoms. The van der Waals surface area contributed by atoms with E-state index in [1.165, 1.54) is 57.8 Å². The van der Waals surface area contributed by atoms with Crippen molar-refractivity contribution in [3.8, 4) is 0 Å². The highest BCUT2D eigenvalue weighted by Gasteiger charge is 2.23. The number of hydrogen-bond donors (Lipinski definition) is 1. The van der Waals surface area contributed by atoms with Crippen molar-refractivity contribution in [1.29, 1.82) is 0 Å². The summed E-state index contributed by atoms with van der Waals surface area (Å²) in [6.45, 7) is 4.59. The first kappa shape index (κ1) is 14.0. The van der Waals surface area contributed by atoms with E-state index in [1.54, 1.807) is 0 Å². The third-order valence-electron chi connectivity index (χ3n) is 4.21. The fraction of sp³-hybridized carbons (Fsp3) is 1.00. The van der Waals surface area contributed by atoms with E-state index in [0.717, 1.165) is 12.3 Å². The van der Waals surface area contributed by atoms with Crippen LogP contribution >= 0.6 is 0 Å². The molecule has 0 aromatic rings. The predicted molar refractivity (Wildman–Crippen MR) is 70.5 cm³/mol. The van der Waals surface area contributed by atoms with Gasteiger partial charge in [-0.15, -0.1) is 0 Å². The van der Waals surface area contributed by atoms with Crippen molar-refractivity contribution in [1.82, 2.24) is 0 Å². The largest absolute Gasteiger partial charge is 0.393 e. The van der Waals surface area contributed by atoms with Gasteiger partial charge in [-0.2, -0.15) is 0 Å².